The zero-order valence-electron chi connectivity index (χ0n) is 16.7. The van der Waals surface area contributed by atoms with Crippen molar-refractivity contribution in [1.82, 2.24) is 14.8 Å². The van der Waals surface area contributed by atoms with Crippen molar-refractivity contribution in [2.75, 3.05) is 11.4 Å². The van der Waals surface area contributed by atoms with E-state index in [1.54, 1.807) is 40.2 Å². The number of ether oxygens (including phenoxy) is 1. The first-order chi connectivity index (χ1) is 13.8. The van der Waals surface area contributed by atoms with Crippen LogP contribution in [0.5, 0.6) is 5.88 Å². The summed E-state index contributed by atoms with van der Waals surface area (Å²) in [5.41, 5.74) is 2.79. The zero-order valence-corrected chi connectivity index (χ0v) is 19.0. The van der Waals surface area contributed by atoms with E-state index in [-0.39, 0.29) is 30.5 Å². The molecule has 4 rings (SSSR count). The van der Waals surface area contributed by atoms with Crippen molar-refractivity contribution >= 4 is 47.2 Å². The van der Waals surface area contributed by atoms with Gasteiger partial charge in [-0.1, -0.05) is 23.2 Å². The Kier molecular flexibility index (Phi) is 6.60. The van der Waals surface area contributed by atoms with Crippen LogP contribution in [-0.4, -0.2) is 33.3 Å². The lowest BCUT2D eigenvalue weighted by molar-refractivity contribution is 0.0954. The summed E-state index contributed by atoms with van der Waals surface area (Å²) in [7, 11) is 0. The molecule has 0 saturated heterocycles. The number of anilines is 1. The predicted molar refractivity (Wildman–Crippen MR) is 121 cm³/mol. The van der Waals surface area contributed by atoms with Crippen LogP contribution in [0.2, 0.25) is 10.0 Å². The highest BCUT2D eigenvalue weighted by Gasteiger charge is 2.34. The minimum atomic E-state index is -0.142. The summed E-state index contributed by atoms with van der Waals surface area (Å²) in [5.74, 6) is 0.368. The highest BCUT2D eigenvalue weighted by Crippen LogP contribution is 2.35. The molecule has 1 aromatic carbocycles. The Hall–Kier alpha value is -2.28. The van der Waals surface area contributed by atoms with E-state index in [0.717, 1.165) is 11.1 Å². The maximum absolute atomic E-state index is 13.4. The molecule has 0 N–H and O–H groups in total. The molecule has 3 aromatic rings. The highest BCUT2D eigenvalue weighted by molar-refractivity contribution is 6.42. The Labute approximate surface area is 191 Å². The van der Waals surface area contributed by atoms with Crippen LogP contribution in [0.25, 0.3) is 11.1 Å². The number of carbonyl (C=O) groups excluding carboxylic acids is 1. The number of pyridine rings is 1. The van der Waals surface area contributed by atoms with Gasteiger partial charge in [0.2, 0.25) is 5.88 Å². The molecule has 0 bridgehead atoms. The van der Waals surface area contributed by atoms with Gasteiger partial charge in [0.25, 0.3) is 5.91 Å². The fraction of sp³-hybridized carbons (Fsp3) is 0.286. The molecule has 2 aromatic heterocycles. The first-order valence-electron chi connectivity index (χ1n) is 9.32. The van der Waals surface area contributed by atoms with Crippen molar-refractivity contribution in [1.29, 1.82) is 0 Å². The van der Waals surface area contributed by atoms with Gasteiger partial charge in [-0.25, -0.2) is 4.98 Å². The maximum Gasteiger partial charge on any atom is 0.277 e. The van der Waals surface area contributed by atoms with Gasteiger partial charge in [-0.3, -0.25) is 9.48 Å². The molecule has 0 spiro atoms. The van der Waals surface area contributed by atoms with Gasteiger partial charge in [-0.05, 0) is 50.6 Å². The Bertz CT molecular complexity index is 1080. The van der Waals surface area contributed by atoms with Crippen LogP contribution in [0, 0.1) is 0 Å². The topological polar surface area (TPSA) is 60.3 Å². The molecular formula is C21H21Cl3N4O2. The minimum absolute atomic E-state index is 0. The molecule has 1 aliphatic heterocycles. The van der Waals surface area contributed by atoms with Gasteiger partial charge in [0, 0.05) is 30.1 Å². The number of aromatic nitrogens is 3. The van der Waals surface area contributed by atoms with Crippen LogP contribution in [-0.2, 0) is 0 Å². The number of amides is 1. The lowest BCUT2D eigenvalue weighted by atomic mass is 10.0. The quantitative estimate of drug-likeness (QED) is 0.495. The largest absolute Gasteiger partial charge is 0.475 e. The van der Waals surface area contributed by atoms with E-state index in [1.807, 2.05) is 32.9 Å². The zero-order chi connectivity index (χ0) is 20.7. The average Bonchev–Trinajstić information content (AvgIpc) is 3.13. The van der Waals surface area contributed by atoms with Crippen LogP contribution in [0.15, 0.2) is 42.7 Å². The molecule has 0 unspecified atom stereocenters. The summed E-state index contributed by atoms with van der Waals surface area (Å²) in [6, 6.07) is 8.88. The summed E-state index contributed by atoms with van der Waals surface area (Å²) in [6.45, 7) is 6.40. The van der Waals surface area contributed by atoms with E-state index in [4.69, 9.17) is 27.9 Å². The predicted octanol–water partition coefficient (Wildman–Crippen LogP) is 5.68. The fourth-order valence-corrected chi connectivity index (χ4v) is 3.72. The summed E-state index contributed by atoms with van der Waals surface area (Å²) in [6.07, 6.45) is 3.40. The second-order valence-electron chi connectivity index (χ2n) is 7.26. The van der Waals surface area contributed by atoms with E-state index in [0.29, 0.717) is 33.9 Å². The molecular weight excluding hydrogens is 447 g/mol. The van der Waals surface area contributed by atoms with Crippen molar-refractivity contribution in [3.63, 3.8) is 0 Å². The number of nitrogens with zero attached hydrogens (tertiary/aromatic N) is 4. The number of carbonyl (C=O) groups is 1. The molecule has 1 amide bonds. The smallest absolute Gasteiger partial charge is 0.277 e. The van der Waals surface area contributed by atoms with Crippen LogP contribution in [0.4, 0.5) is 5.69 Å². The Balaban J connectivity index is 0.00000256. The van der Waals surface area contributed by atoms with Crippen molar-refractivity contribution in [2.24, 2.45) is 0 Å². The Morgan fingerprint density at radius 2 is 1.93 bits per heavy atom. The van der Waals surface area contributed by atoms with Gasteiger partial charge >= 0.3 is 0 Å². The number of halogens is 3. The standard InChI is InChI=1S/C21H20Cl2N4O2.ClH/c1-12(2)29-19-8-14(6-7-24-19)16-10-25-27-13(3)11-26(21(28)20(16)27)15-4-5-17(22)18(23)9-15;/h4-10,12-13H,11H2,1-3H3;1H/t13-;/m0./s1. The van der Waals surface area contributed by atoms with Crippen LogP contribution in [0.3, 0.4) is 0 Å². The molecule has 0 aliphatic carbocycles. The molecule has 158 valence electrons. The molecule has 30 heavy (non-hydrogen) atoms. The molecule has 1 aliphatic rings. The molecule has 0 fully saturated rings. The first-order valence-corrected chi connectivity index (χ1v) is 10.1. The molecule has 1 atom stereocenters. The Morgan fingerprint density at radius 3 is 2.63 bits per heavy atom. The molecule has 6 nitrogen and oxygen atoms in total. The maximum atomic E-state index is 13.4. The van der Waals surface area contributed by atoms with Gasteiger partial charge < -0.3 is 9.64 Å². The van der Waals surface area contributed by atoms with Crippen LogP contribution < -0.4 is 9.64 Å². The fourth-order valence-electron chi connectivity index (χ4n) is 3.43. The van der Waals surface area contributed by atoms with E-state index < -0.39 is 0 Å². The summed E-state index contributed by atoms with van der Waals surface area (Å²) in [5, 5.41) is 5.34. The highest BCUT2D eigenvalue weighted by atomic mass is 35.5. The summed E-state index contributed by atoms with van der Waals surface area (Å²) >= 11 is 12.2. The van der Waals surface area contributed by atoms with E-state index in [1.165, 1.54) is 0 Å². The van der Waals surface area contributed by atoms with E-state index in [2.05, 4.69) is 10.1 Å². The van der Waals surface area contributed by atoms with Gasteiger partial charge in [-0.15, -0.1) is 12.4 Å². The van der Waals surface area contributed by atoms with Gasteiger partial charge in [0.05, 0.1) is 28.4 Å². The minimum Gasteiger partial charge on any atom is -0.475 e. The molecule has 9 heteroatoms. The lowest BCUT2D eigenvalue weighted by Gasteiger charge is -2.32. The SMILES string of the molecule is CC(C)Oc1cc(-c2cnn3c2C(=O)N(c2ccc(Cl)c(Cl)c2)C[C@@H]3C)ccn1.Cl. The normalized spacial score (nSPS) is 15.7. The second kappa shape index (κ2) is 8.84. The van der Waals surface area contributed by atoms with Crippen LogP contribution in [0.1, 0.15) is 37.3 Å². The summed E-state index contributed by atoms with van der Waals surface area (Å²) in [4.78, 5) is 19.4. The van der Waals surface area contributed by atoms with Crippen molar-refractivity contribution in [3.8, 4) is 17.0 Å². The number of benzene rings is 1. The van der Waals surface area contributed by atoms with Crippen LogP contribution >= 0.6 is 35.6 Å². The number of hydrogen-bond donors (Lipinski definition) is 0. The van der Waals surface area contributed by atoms with Crippen molar-refractivity contribution < 1.29 is 9.53 Å². The average molecular weight is 468 g/mol. The molecule has 3 heterocycles. The van der Waals surface area contributed by atoms with Gasteiger partial charge in [-0.2, -0.15) is 5.10 Å². The number of hydrogen-bond acceptors (Lipinski definition) is 4. The first kappa shape index (κ1) is 22.4. The molecule has 0 radical (unpaired) electrons. The lowest BCUT2D eigenvalue weighted by Crippen LogP contribution is -2.42. The van der Waals surface area contributed by atoms with Gasteiger partial charge in [0.1, 0.15) is 5.69 Å². The third-order valence-corrected chi connectivity index (χ3v) is 5.46. The van der Waals surface area contributed by atoms with E-state index >= 15 is 0 Å². The number of rotatable bonds is 4. The third kappa shape index (κ3) is 4.13. The third-order valence-electron chi connectivity index (χ3n) is 4.72. The van der Waals surface area contributed by atoms with E-state index in [9.17, 15) is 4.79 Å². The Morgan fingerprint density at radius 1 is 1.17 bits per heavy atom. The second-order valence-corrected chi connectivity index (χ2v) is 8.08. The summed E-state index contributed by atoms with van der Waals surface area (Å²) < 4.78 is 7.47. The van der Waals surface area contributed by atoms with Crippen molar-refractivity contribution in [3.05, 3.63) is 58.5 Å². The monoisotopic (exact) mass is 466 g/mol. The molecule has 0 saturated carbocycles. The number of fused-ring (bicyclic) bond motifs is 1. The van der Waals surface area contributed by atoms with Crippen molar-refractivity contribution in [2.45, 2.75) is 32.9 Å². The van der Waals surface area contributed by atoms with Gasteiger partial charge in [0.15, 0.2) is 0 Å².